The second-order valence-electron chi connectivity index (χ2n) is 6.89. The zero-order valence-electron chi connectivity index (χ0n) is 15.0. The first-order chi connectivity index (χ1) is 13.0. The van der Waals surface area contributed by atoms with E-state index in [9.17, 15) is 14.0 Å². The van der Waals surface area contributed by atoms with E-state index < -0.39 is 5.82 Å². The topological polar surface area (TPSA) is 80.1 Å². The minimum absolute atomic E-state index is 0.0347. The van der Waals surface area contributed by atoms with Crippen LogP contribution in [0.5, 0.6) is 0 Å². The minimum Gasteiger partial charge on any atom is -0.349 e. The van der Waals surface area contributed by atoms with Crippen molar-refractivity contribution in [2.45, 2.75) is 25.3 Å². The molecule has 27 heavy (non-hydrogen) atoms. The molecule has 0 spiro atoms. The number of rotatable bonds is 3. The average molecular weight is 369 g/mol. The van der Waals surface area contributed by atoms with Crippen molar-refractivity contribution in [1.82, 2.24) is 19.9 Å². The summed E-state index contributed by atoms with van der Waals surface area (Å²) in [4.78, 5) is 34.9. The molecule has 4 rings (SSSR count). The Bertz CT molecular complexity index is 959. The number of piperidine rings is 1. The molecule has 1 aliphatic carbocycles. The van der Waals surface area contributed by atoms with E-state index >= 15 is 0 Å². The molecule has 2 aromatic rings. The molecule has 2 aromatic heterocycles. The van der Waals surface area contributed by atoms with Crippen molar-refractivity contribution < 1.29 is 9.18 Å². The van der Waals surface area contributed by atoms with Crippen molar-refractivity contribution in [1.29, 1.82) is 0 Å². The van der Waals surface area contributed by atoms with Crippen LogP contribution in [0, 0.1) is 5.82 Å². The monoisotopic (exact) mass is 369 g/mol. The van der Waals surface area contributed by atoms with Crippen LogP contribution in [0.25, 0.3) is 6.08 Å². The maximum atomic E-state index is 13.0. The summed E-state index contributed by atoms with van der Waals surface area (Å²) in [5, 5.41) is 3.08. The Morgan fingerprint density at radius 3 is 2.67 bits per heavy atom. The summed E-state index contributed by atoms with van der Waals surface area (Å²) in [6, 6.07) is 0.0347. The van der Waals surface area contributed by atoms with Crippen LogP contribution in [0.3, 0.4) is 0 Å². The van der Waals surface area contributed by atoms with Gasteiger partial charge in [0.15, 0.2) is 5.82 Å². The number of hydrogen-bond acceptors (Lipinski definition) is 5. The van der Waals surface area contributed by atoms with Crippen LogP contribution in [0.2, 0.25) is 0 Å². The fraction of sp³-hybridized carbons (Fsp3) is 0.368. The molecule has 1 fully saturated rings. The van der Waals surface area contributed by atoms with E-state index in [-0.39, 0.29) is 17.5 Å². The van der Waals surface area contributed by atoms with E-state index in [1.165, 1.54) is 4.57 Å². The molecular formula is C19H20FN5O2. The summed E-state index contributed by atoms with van der Waals surface area (Å²) >= 11 is 0. The number of fused-ring (bicyclic) bond motifs is 1. The number of aryl methyl sites for hydroxylation is 1. The van der Waals surface area contributed by atoms with Crippen LogP contribution in [0.1, 0.15) is 34.3 Å². The number of halogens is 1. The van der Waals surface area contributed by atoms with Gasteiger partial charge in [0.25, 0.3) is 11.5 Å². The molecule has 1 aliphatic heterocycles. The summed E-state index contributed by atoms with van der Waals surface area (Å²) in [6.45, 7) is 1.36. The van der Waals surface area contributed by atoms with Gasteiger partial charge >= 0.3 is 0 Å². The summed E-state index contributed by atoms with van der Waals surface area (Å²) < 4.78 is 14.4. The first kappa shape index (κ1) is 17.4. The number of pyridine rings is 1. The molecule has 0 radical (unpaired) electrons. The van der Waals surface area contributed by atoms with Gasteiger partial charge in [0.1, 0.15) is 0 Å². The van der Waals surface area contributed by atoms with E-state index in [1.807, 2.05) is 17.1 Å². The summed E-state index contributed by atoms with van der Waals surface area (Å²) in [5.41, 5.74) is 1.88. The van der Waals surface area contributed by atoms with Crippen molar-refractivity contribution in [2.24, 2.45) is 7.05 Å². The van der Waals surface area contributed by atoms with Crippen LogP contribution in [0.4, 0.5) is 10.3 Å². The van der Waals surface area contributed by atoms with Crippen molar-refractivity contribution in [3.8, 4) is 0 Å². The summed E-state index contributed by atoms with van der Waals surface area (Å²) in [6.07, 6.45) is 9.73. The first-order valence-corrected chi connectivity index (χ1v) is 8.95. The van der Waals surface area contributed by atoms with Gasteiger partial charge < -0.3 is 14.8 Å². The number of amides is 1. The highest BCUT2D eigenvalue weighted by atomic mass is 19.1. The quantitative estimate of drug-likeness (QED) is 0.882. The van der Waals surface area contributed by atoms with Crippen LogP contribution in [-0.2, 0) is 13.5 Å². The lowest BCUT2D eigenvalue weighted by Gasteiger charge is -2.32. The number of hydrogen-bond donors (Lipinski definition) is 1. The van der Waals surface area contributed by atoms with Gasteiger partial charge in [-0.1, -0.05) is 12.2 Å². The molecule has 0 saturated carbocycles. The third-order valence-corrected chi connectivity index (χ3v) is 5.09. The molecule has 0 unspecified atom stereocenters. The highest BCUT2D eigenvalue weighted by Gasteiger charge is 2.25. The van der Waals surface area contributed by atoms with Crippen LogP contribution in [0.15, 0.2) is 29.5 Å². The number of carbonyl (C=O) groups excluding carboxylic acids is 1. The minimum atomic E-state index is -0.459. The maximum Gasteiger partial charge on any atom is 0.254 e. The maximum absolute atomic E-state index is 13.0. The Labute approximate surface area is 155 Å². The Morgan fingerprint density at radius 1 is 1.26 bits per heavy atom. The van der Waals surface area contributed by atoms with E-state index in [0.29, 0.717) is 36.6 Å². The van der Waals surface area contributed by atoms with Crippen LogP contribution >= 0.6 is 0 Å². The largest absolute Gasteiger partial charge is 0.349 e. The lowest BCUT2D eigenvalue weighted by molar-refractivity contribution is 0.0930. The molecular weight excluding hydrogens is 349 g/mol. The zero-order chi connectivity index (χ0) is 19.0. The standard InChI is InChI=1S/C19H20FN5O2/c1-24-11-16(14-3-2-4-15(14)18(24)27)17(26)23-13-5-7-25(8-6-13)19-21-9-12(20)10-22-19/h2-3,9-11,13H,4-8H2,1H3,(H,23,26). The Kier molecular flexibility index (Phi) is 4.47. The highest BCUT2D eigenvalue weighted by molar-refractivity contribution is 5.98. The lowest BCUT2D eigenvalue weighted by atomic mass is 10.0. The number of aromatic nitrogens is 3. The van der Waals surface area contributed by atoms with Crippen LogP contribution < -0.4 is 15.8 Å². The molecule has 0 aromatic carbocycles. The van der Waals surface area contributed by atoms with E-state index in [1.54, 1.807) is 13.2 Å². The van der Waals surface area contributed by atoms with Gasteiger partial charge in [0.2, 0.25) is 5.95 Å². The van der Waals surface area contributed by atoms with Crippen molar-refractivity contribution in [3.05, 3.63) is 57.5 Å². The Balaban J connectivity index is 1.43. The second kappa shape index (κ2) is 6.94. The molecule has 0 bridgehead atoms. The fourth-order valence-electron chi connectivity index (χ4n) is 3.63. The van der Waals surface area contributed by atoms with Gasteiger partial charge in [-0.15, -0.1) is 0 Å². The second-order valence-corrected chi connectivity index (χ2v) is 6.89. The molecule has 1 N–H and O–H groups in total. The molecule has 7 nitrogen and oxygen atoms in total. The predicted molar refractivity (Wildman–Crippen MR) is 99.1 cm³/mol. The summed E-state index contributed by atoms with van der Waals surface area (Å²) in [7, 11) is 1.67. The Hall–Kier alpha value is -3.03. The predicted octanol–water partition coefficient (Wildman–Crippen LogP) is 1.28. The van der Waals surface area contributed by atoms with Gasteiger partial charge in [-0.3, -0.25) is 9.59 Å². The number of anilines is 1. The third-order valence-electron chi connectivity index (χ3n) is 5.09. The first-order valence-electron chi connectivity index (χ1n) is 8.95. The SMILES string of the molecule is Cn1cc(C(=O)NC2CCN(c3ncc(F)cn3)CC2)c2c(c1=O)CC=C2. The molecule has 8 heteroatoms. The lowest BCUT2D eigenvalue weighted by Crippen LogP contribution is -2.45. The molecule has 2 aliphatic rings. The van der Waals surface area contributed by atoms with Crippen molar-refractivity contribution in [2.75, 3.05) is 18.0 Å². The number of carbonyl (C=O) groups is 1. The smallest absolute Gasteiger partial charge is 0.254 e. The fourth-order valence-corrected chi connectivity index (χ4v) is 3.63. The van der Waals surface area contributed by atoms with Gasteiger partial charge in [0, 0.05) is 37.9 Å². The average Bonchev–Trinajstić information content (AvgIpc) is 3.16. The van der Waals surface area contributed by atoms with Gasteiger partial charge in [-0.05, 0) is 24.8 Å². The number of nitrogens with zero attached hydrogens (tertiary/aromatic N) is 4. The molecule has 140 valence electrons. The molecule has 1 saturated heterocycles. The third kappa shape index (κ3) is 3.34. The highest BCUT2D eigenvalue weighted by Crippen LogP contribution is 2.21. The Morgan fingerprint density at radius 2 is 1.96 bits per heavy atom. The van der Waals surface area contributed by atoms with Gasteiger partial charge in [0.05, 0.1) is 18.0 Å². The van der Waals surface area contributed by atoms with Gasteiger partial charge in [-0.2, -0.15) is 0 Å². The van der Waals surface area contributed by atoms with Crippen molar-refractivity contribution >= 4 is 17.9 Å². The van der Waals surface area contributed by atoms with E-state index in [4.69, 9.17) is 0 Å². The molecule has 3 heterocycles. The molecule has 0 atom stereocenters. The molecule has 1 amide bonds. The normalized spacial score (nSPS) is 16.4. The number of allylic oxidation sites excluding steroid dienone is 1. The van der Waals surface area contributed by atoms with Gasteiger partial charge in [-0.25, -0.2) is 14.4 Å². The zero-order valence-corrected chi connectivity index (χ0v) is 15.0. The van der Waals surface area contributed by atoms with E-state index in [0.717, 1.165) is 30.8 Å². The number of nitrogens with one attached hydrogen (secondary N) is 1. The van der Waals surface area contributed by atoms with Crippen molar-refractivity contribution in [3.63, 3.8) is 0 Å². The summed E-state index contributed by atoms with van der Waals surface area (Å²) in [5.74, 6) is -0.119. The van der Waals surface area contributed by atoms with Crippen LogP contribution in [-0.4, -0.2) is 39.6 Å². The van der Waals surface area contributed by atoms with E-state index in [2.05, 4.69) is 15.3 Å².